The van der Waals surface area contributed by atoms with Crippen molar-refractivity contribution >= 4 is 17.4 Å². The van der Waals surface area contributed by atoms with Crippen molar-refractivity contribution < 1.29 is 13.6 Å². The Balaban J connectivity index is 1.91. The fourth-order valence-corrected chi connectivity index (χ4v) is 2.58. The number of hydrogen-bond donors (Lipinski definition) is 0. The van der Waals surface area contributed by atoms with Gasteiger partial charge in [0.2, 0.25) is 0 Å². The predicted octanol–water partition coefficient (Wildman–Crippen LogP) is 2.75. The molecule has 0 amide bonds. The molecule has 0 N–H and O–H groups in total. The van der Waals surface area contributed by atoms with Gasteiger partial charge in [-0.05, 0) is 17.7 Å². The average Bonchev–Trinajstić information content (AvgIpc) is 2.77. The smallest absolute Gasteiger partial charge is 0.145 e. The summed E-state index contributed by atoms with van der Waals surface area (Å²) in [7, 11) is 0. The lowest BCUT2D eigenvalue weighted by Gasteiger charge is -2.21. The summed E-state index contributed by atoms with van der Waals surface area (Å²) in [5.74, 6) is -0.345. The van der Waals surface area contributed by atoms with Crippen LogP contribution in [-0.4, -0.2) is 30.4 Å². The molecule has 3 nitrogen and oxygen atoms in total. The number of halogens is 3. The largest absolute Gasteiger partial charge is 0.392 e. The normalized spacial score (nSPS) is 22.5. The highest BCUT2D eigenvalue weighted by Gasteiger charge is 2.33. The SMILES string of the molecule is Fc1cc([C@H]2CC3=NOCCN3C2)c(F)cc1Cl. The zero-order valence-electron chi connectivity index (χ0n) is 9.50. The molecule has 0 aliphatic carbocycles. The van der Waals surface area contributed by atoms with Crippen molar-refractivity contribution in [2.75, 3.05) is 19.7 Å². The Bertz CT molecular complexity index is 521. The van der Waals surface area contributed by atoms with E-state index in [9.17, 15) is 8.78 Å². The molecule has 0 unspecified atom stereocenters. The maximum Gasteiger partial charge on any atom is 0.145 e. The van der Waals surface area contributed by atoms with Gasteiger partial charge in [0.15, 0.2) is 0 Å². The van der Waals surface area contributed by atoms with Gasteiger partial charge in [0.05, 0.1) is 11.6 Å². The molecule has 0 spiro atoms. The fourth-order valence-electron chi connectivity index (χ4n) is 2.43. The van der Waals surface area contributed by atoms with Crippen LogP contribution in [0.2, 0.25) is 5.02 Å². The van der Waals surface area contributed by atoms with Crippen molar-refractivity contribution in [2.45, 2.75) is 12.3 Å². The molecule has 1 atom stereocenters. The number of benzene rings is 1. The summed E-state index contributed by atoms with van der Waals surface area (Å²) in [6.07, 6.45) is 0.567. The molecular weight excluding hydrogens is 262 g/mol. The molecule has 1 aromatic rings. The molecule has 3 rings (SSSR count). The van der Waals surface area contributed by atoms with Crippen LogP contribution in [0.1, 0.15) is 17.9 Å². The number of rotatable bonds is 1. The van der Waals surface area contributed by atoms with Gasteiger partial charge in [0.1, 0.15) is 24.1 Å². The summed E-state index contributed by atoms with van der Waals surface area (Å²) < 4.78 is 27.2. The molecule has 2 heterocycles. The summed E-state index contributed by atoms with van der Waals surface area (Å²) in [6, 6.07) is 2.21. The van der Waals surface area contributed by atoms with Crippen LogP contribution >= 0.6 is 11.6 Å². The molecule has 96 valence electrons. The molecule has 0 bridgehead atoms. The Hall–Kier alpha value is -1.36. The number of amidine groups is 1. The van der Waals surface area contributed by atoms with Gasteiger partial charge in [-0.25, -0.2) is 8.78 Å². The van der Waals surface area contributed by atoms with Gasteiger partial charge in [0, 0.05) is 18.9 Å². The summed E-state index contributed by atoms with van der Waals surface area (Å²) in [6.45, 7) is 1.92. The predicted molar refractivity (Wildman–Crippen MR) is 63.7 cm³/mol. The van der Waals surface area contributed by atoms with Crippen molar-refractivity contribution in [1.29, 1.82) is 0 Å². The average molecular weight is 273 g/mol. The van der Waals surface area contributed by atoms with Gasteiger partial charge in [-0.1, -0.05) is 16.8 Å². The van der Waals surface area contributed by atoms with E-state index in [2.05, 4.69) is 5.16 Å². The number of nitrogens with zero attached hydrogens (tertiary/aromatic N) is 2. The van der Waals surface area contributed by atoms with Crippen molar-refractivity contribution in [1.82, 2.24) is 4.90 Å². The van der Waals surface area contributed by atoms with E-state index < -0.39 is 11.6 Å². The fraction of sp³-hybridized carbons (Fsp3) is 0.417. The second-order valence-corrected chi connectivity index (χ2v) is 4.88. The van der Waals surface area contributed by atoms with Crippen LogP contribution in [0.15, 0.2) is 17.3 Å². The quantitative estimate of drug-likeness (QED) is 0.735. The van der Waals surface area contributed by atoms with E-state index in [-0.39, 0.29) is 10.9 Å². The molecule has 1 saturated heterocycles. The van der Waals surface area contributed by atoms with Crippen LogP contribution < -0.4 is 0 Å². The van der Waals surface area contributed by atoms with Crippen molar-refractivity contribution in [3.05, 3.63) is 34.4 Å². The lowest BCUT2D eigenvalue weighted by molar-refractivity contribution is 0.106. The van der Waals surface area contributed by atoms with Crippen molar-refractivity contribution in [3.8, 4) is 0 Å². The first-order chi connectivity index (χ1) is 8.65. The van der Waals surface area contributed by atoms with E-state index in [1.807, 2.05) is 4.90 Å². The number of oxime groups is 1. The van der Waals surface area contributed by atoms with Crippen LogP contribution in [0.5, 0.6) is 0 Å². The Morgan fingerprint density at radius 2 is 2.17 bits per heavy atom. The van der Waals surface area contributed by atoms with Crippen LogP contribution in [0.4, 0.5) is 8.78 Å². The zero-order valence-corrected chi connectivity index (χ0v) is 10.3. The van der Waals surface area contributed by atoms with Gasteiger partial charge >= 0.3 is 0 Å². The van der Waals surface area contributed by atoms with Gasteiger partial charge < -0.3 is 9.74 Å². The van der Waals surface area contributed by atoms with Gasteiger partial charge in [-0.2, -0.15) is 0 Å². The summed E-state index contributed by atoms with van der Waals surface area (Å²) in [5.41, 5.74) is 0.356. The molecule has 0 radical (unpaired) electrons. The molecule has 2 aliphatic rings. The molecule has 6 heteroatoms. The zero-order chi connectivity index (χ0) is 12.7. The first kappa shape index (κ1) is 11.7. The van der Waals surface area contributed by atoms with E-state index >= 15 is 0 Å². The van der Waals surface area contributed by atoms with E-state index in [1.54, 1.807) is 0 Å². The van der Waals surface area contributed by atoms with Crippen LogP contribution in [0.25, 0.3) is 0 Å². The number of hydrogen-bond acceptors (Lipinski definition) is 3. The Kier molecular flexibility index (Phi) is 2.86. The van der Waals surface area contributed by atoms with Crippen LogP contribution in [-0.2, 0) is 4.84 Å². The Labute approximate surface area is 108 Å². The molecule has 0 saturated carbocycles. The van der Waals surface area contributed by atoms with Gasteiger partial charge in [-0.3, -0.25) is 0 Å². The van der Waals surface area contributed by atoms with Gasteiger partial charge in [-0.15, -0.1) is 0 Å². The molecule has 0 aromatic heterocycles. The second-order valence-electron chi connectivity index (χ2n) is 4.48. The molecule has 1 aromatic carbocycles. The minimum Gasteiger partial charge on any atom is -0.392 e. The second kappa shape index (κ2) is 4.39. The van der Waals surface area contributed by atoms with E-state index in [0.717, 1.165) is 18.4 Å². The minimum absolute atomic E-state index is 0.0998. The summed E-state index contributed by atoms with van der Waals surface area (Å²) in [4.78, 5) is 7.04. The molecule has 18 heavy (non-hydrogen) atoms. The highest BCUT2D eigenvalue weighted by molar-refractivity contribution is 6.30. The lowest BCUT2D eigenvalue weighted by atomic mass is 9.97. The minimum atomic E-state index is -0.587. The Morgan fingerprint density at radius 3 is 2.94 bits per heavy atom. The maximum absolute atomic E-state index is 13.8. The van der Waals surface area contributed by atoms with Crippen LogP contribution in [0.3, 0.4) is 0 Å². The first-order valence-electron chi connectivity index (χ1n) is 5.73. The summed E-state index contributed by atoms with van der Waals surface area (Å²) in [5, 5.41) is 3.75. The highest BCUT2D eigenvalue weighted by Crippen LogP contribution is 2.33. The van der Waals surface area contributed by atoms with E-state index in [4.69, 9.17) is 16.4 Å². The topological polar surface area (TPSA) is 24.8 Å². The third-order valence-corrected chi connectivity index (χ3v) is 3.63. The maximum atomic E-state index is 13.8. The van der Waals surface area contributed by atoms with Crippen molar-refractivity contribution in [3.63, 3.8) is 0 Å². The van der Waals surface area contributed by atoms with Crippen molar-refractivity contribution in [2.24, 2.45) is 5.16 Å². The molecule has 2 aliphatic heterocycles. The third-order valence-electron chi connectivity index (χ3n) is 3.34. The van der Waals surface area contributed by atoms with E-state index in [0.29, 0.717) is 25.1 Å². The first-order valence-corrected chi connectivity index (χ1v) is 6.11. The van der Waals surface area contributed by atoms with E-state index in [1.165, 1.54) is 6.07 Å². The third kappa shape index (κ3) is 1.92. The van der Waals surface area contributed by atoms with Crippen LogP contribution in [0, 0.1) is 11.6 Å². The van der Waals surface area contributed by atoms with Gasteiger partial charge in [0.25, 0.3) is 0 Å². The lowest BCUT2D eigenvalue weighted by Crippen LogP contribution is -2.32. The standard InChI is InChI=1S/C12H11ClF2N2O/c13-9-5-10(14)8(4-11(9)15)7-3-12-16-18-2-1-17(12)6-7/h4-5,7H,1-3,6H2/t7-/m0/s1. The monoisotopic (exact) mass is 272 g/mol. The number of fused-ring (bicyclic) bond motifs is 1. The molecule has 1 fully saturated rings. The highest BCUT2D eigenvalue weighted by atomic mass is 35.5. The summed E-state index contributed by atoms with van der Waals surface area (Å²) >= 11 is 5.55. The molecular formula is C12H11ClF2N2O. The Morgan fingerprint density at radius 1 is 1.33 bits per heavy atom.